The first-order valence-corrected chi connectivity index (χ1v) is 8.80. The molecule has 3 rings (SSSR count). The molecule has 0 atom stereocenters. The summed E-state index contributed by atoms with van der Waals surface area (Å²) in [6.07, 6.45) is 2.71. The van der Waals surface area contributed by atoms with Gasteiger partial charge in [0.25, 0.3) is 0 Å². The molecular weight excluding hydrogens is 344 g/mol. The van der Waals surface area contributed by atoms with Crippen LogP contribution in [0.5, 0.6) is 11.5 Å². The lowest BCUT2D eigenvalue weighted by atomic mass is 10.3. The SMILES string of the molecule is CN=C(NCCOc1ccc(OC)cc1)NCCc1nnc2ccccn12. The van der Waals surface area contributed by atoms with Crippen LogP contribution in [0, 0.1) is 0 Å². The summed E-state index contributed by atoms with van der Waals surface area (Å²) in [4.78, 5) is 4.22. The highest BCUT2D eigenvalue weighted by Gasteiger charge is 2.05. The van der Waals surface area contributed by atoms with E-state index in [2.05, 4.69) is 25.8 Å². The number of aliphatic imine (C=N–C) groups is 1. The fourth-order valence-corrected chi connectivity index (χ4v) is 2.58. The van der Waals surface area contributed by atoms with Crippen molar-refractivity contribution in [2.24, 2.45) is 4.99 Å². The standard InChI is InChI=1S/C19H24N6O2/c1-20-19(22-12-14-27-16-8-6-15(26-2)7-9-16)21-11-10-18-24-23-17-5-3-4-13-25(17)18/h3-9,13H,10-12,14H2,1-2H3,(H2,20,21,22). The summed E-state index contributed by atoms with van der Waals surface area (Å²) in [6.45, 7) is 1.87. The van der Waals surface area contributed by atoms with E-state index >= 15 is 0 Å². The number of nitrogens with one attached hydrogen (secondary N) is 2. The second-order valence-corrected chi connectivity index (χ2v) is 5.74. The van der Waals surface area contributed by atoms with Crippen LogP contribution in [0.15, 0.2) is 53.7 Å². The summed E-state index contributed by atoms with van der Waals surface area (Å²) in [7, 11) is 3.38. The molecule has 0 bridgehead atoms. The van der Waals surface area contributed by atoms with Crippen molar-refractivity contribution in [3.63, 3.8) is 0 Å². The largest absolute Gasteiger partial charge is 0.497 e. The molecule has 0 aliphatic heterocycles. The second kappa shape index (κ2) is 9.42. The molecule has 2 heterocycles. The lowest BCUT2D eigenvalue weighted by molar-refractivity contribution is 0.321. The summed E-state index contributed by atoms with van der Waals surface area (Å²) in [6, 6.07) is 13.4. The monoisotopic (exact) mass is 368 g/mol. The summed E-state index contributed by atoms with van der Waals surface area (Å²) in [5.41, 5.74) is 0.852. The molecule has 27 heavy (non-hydrogen) atoms. The number of aromatic nitrogens is 3. The number of pyridine rings is 1. The maximum Gasteiger partial charge on any atom is 0.191 e. The van der Waals surface area contributed by atoms with Gasteiger partial charge in [-0.25, -0.2) is 0 Å². The van der Waals surface area contributed by atoms with Crippen molar-refractivity contribution >= 4 is 11.6 Å². The fourth-order valence-electron chi connectivity index (χ4n) is 2.58. The minimum Gasteiger partial charge on any atom is -0.497 e. The predicted octanol–water partition coefficient (Wildman–Crippen LogP) is 1.52. The van der Waals surface area contributed by atoms with Crippen LogP contribution in [0.4, 0.5) is 0 Å². The molecule has 0 fully saturated rings. The molecule has 0 aliphatic carbocycles. The van der Waals surface area contributed by atoms with Crippen LogP contribution in [-0.4, -0.2) is 54.4 Å². The number of rotatable bonds is 8. The molecule has 0 unspecified atom stereocenters. The average molecular weight is 368 g/mol. The Morgan fingerprint density at radius 3 is 2.59 bits per heavy atom. The molecular formula is C19H24N6O2. The van der Waals surface area contributed by atoms with E-state index in [-0.39, 0.29) is 0 Å². The zero-order valence-electron chi connectivity index (χ0n) is 15.6. The molecule has 8 heteroatoms. The van der Waals surface area contributed by atoms with Gasteiger partial charge in [-0.3, -0.25) is 9.39 Å². The van der Waals surface area contributed by atoms with Crippen LogP contribution >= 0.6 is 0 Å². The minimum atomic E-state index is 0.530. The van der Waals surface area contributed by atoms with Gasteiger partial charge in [0.2, 0.25) is 0 Å². The van der Waals surface area contributed by atoms with Gasteiger partial charge in [-0.1, -0.05) is 6.07 Å². The highest BCUT2D eigenvalue weighted by atomic mass is 16.5. The van der Waals surface area contributed by atoms with E-state index in [0.29, 0.717) is 19.7 Å². The Morgan fingerprint density at radius 1 is 1.04 bits per heavy atom. The highest BCUT2D eigenvalue weighted by molar-refractivity contribution is 5.79. The molecule has 0 amide bonds. The van der Waals surface area contributed by atoms with Gasteiger partial charge in [0.1, 0.15) is 23.9 Å². The van der Waals surface area contributed by atoms with E-state index in [0.717, 1.165) is 35.4 Å². The van der Waals surface area contributed by atoms with Crippen LogP contribution in [-0.2, 0) is 6.42 Å². The number of hydrogen-bond donors (Lipinski definition) is 2. The van der Waals surface area contributed by atoms with Crippen LogP contribution < -0.4 is 20.1 Å². The average Bonchev–Trinajstić information content (AvgIpc) is 3.13. The van der Waals surface area contributed by atoms with E-state index < -0.39 is 0 Å². The van der Waals surface area contributed by atoms with Crippen molar-refractivity contribution in [3.05, 3.63) is 54.5 Å². The van der Waals surface area contributed by atoms with E-state index in [4.69, 9.17) is 9.47 Å². The lowest BCUT2D eigenvalue weighted by Crippen LogP contribution is -2.40. The van der Waals surface area contributed by atoms with Crippen LogP contribution in [0.2, 0.25) is 0 Å². The first-order valence-electron chi connectivity index (χ1n) is 8.80. The third-order valence-electron chi connectivity index (χ3n) is 3.97. The summed E-state index contributed by atoms with van der Waals surface area (Å²) < 4.78 is 12.8. The van der Waals surface area contributed by atoms with Crippen molar-refractivity contribution in [2.45, 2.75) is 6.42 Å². The molecule has 0 spiro atoms. The van der Waals surface area contributed by atoms with E-state index in [1.54, 1.807) is 14.2 Å². The number of ether oxygens (including phenoxy) is 2. The Bertz CT molecular complexity index is 875. The molecule has 0 saturated heterocycles. The number of guanidine groups is 1. The maximum atomic E-state index is 5.69. The Kier molecular flexibility index (Phi) is 6.45. The molecule has 0 saturated carbocycles. The Morgan fingerprint density at radius 2 is 1.81 bits per heavy atom. The van der Waals surface area contributed by atoms with Crippen molar-refractivity contribution in [3.8, 4) is 11.5 Å². The number of nitrogens with zero attached hydrogens (tertiary/aromatic N) is 4. The number of benzene rings is 1. The second-order valence-electron chi connectivity index (χ2n) is 5.74. The molecule has 0 radical (unpaired) electrons. The maximum absolute atomic E-state index is 5.69. The van der Waals surface area contributed by atoms with Gasteiger partial charge in [0.15, 0.2) is 11.6 Å². The summed E-state index contributed by atoms with van der Waals surface area (Å²) in [5.74, 6) is 3.25. The van der Waals surface area contributed by atoms with Gasteiger partial charge in [-0.2, -0.15) is 0 Å². The van der Waals surface area contributed by atoms with Crippen molar-refractivity contribution in [1.29, 1.82) is 0 Å². The lowest BCUT2D eigenvalue weighted by Gasteiger charge is -2.12. The van der Waals surface area contributed by atoms with Crippen molar-refractivity contribution < 1.29 is 9.47 Å². The third-order valence-corrected chi connectivity index (χ3v) is 3.97. The van der Waals surface area contributed by atoms with Gasteiger partial charge in [0.05, 0.1) is 13.7 Å². The van der Waals surface area contributed by atoms with E-state index in [1.165, 1.54) is 0 Å². The van der Waals surface area contributed by atoms with Gasteiger partial charge < -0.3 is 20.1 Å². The smallest absolute Gasteiger partial charge is 0.191 e. The van der Waals surface area contributed by atoms with Gasteiger partial charge >= 0.3 is 0 Å². The molecule has 2 N–H and O–H groups in total. The van der Waals surface area contributed by atoms with Crippen LogP contribution in [0.1, 0.15) is 5.82 Å². The van der Waals surface area contributed by atoms with Crippen LogP contribution in [0.25, 0.3) is 5.65 Å². The van der Waals surface area contributed by atoms with Gasteiger partial charge in [-0.05, 0) is 36.4 Å². The zero-order valence-corrected chi connectivity index (χ0v) is 15.6. The number of hydrogen-bond acceptors (Lipinski definition) is 5. The molecule has 142 valence electrons. The van der Waals surface area contributed by atoms with Gasteiger partial charge in [0, 0.05) is 26.2 Å². The quantitative estimate of drug-likeness (QED) is 0.356. The fraction of sp³-hybridized carbons (Fsp3) is 0.316. The predicted molar refractivity (Wildman–Crippen MR) is 105 cm³/mol. The normalized spacial score (nSPS) is 11.4. The van der Waals surface area contributed by atoms with E-state index in [9.17, 15) is 0 Å². The first-order chi connectivity index (χ1) is 13.3. The summed E-state index contributed by atoms with van der Waals surface area (Å²) >= 11 is 0. The van der Waals surface area contributed by atoms with Crippen LogP contribution in [0.3, 0.4) is 0 Å². The summed E-state index contributed by atoms with van der Waals surface area (Å²) in [5, 5.41) is 14.9. The Hall–Kier alpha value is -3.29. The number of methoxy groups -OCH3 is 1. The zero-order chi connectivity index (χ0) is 18.9. The first kappa shape index (κ1) is 18.5. The van der Waals surface area contributed by atoms with Crippen molar-refractivity contribution in [1.82, 2.24) is 25.2 Å². The van der Waals surface area contributed by atoms with Gasteiger partial charge in [-0.15, -0.1) is 10.2 Å². The number of fused-ring (bicyclic) bond motifs is 1. The Balaban J connectivity index is 1.37. The molecule has 8 nitrogen and oxygen atoms in total. The molecule has 1 aromatic carbocycles. The highest BCUT2D eigenvalue weighted by Crippen LogP contribution is 2.16. The topological polar surface area (TPSA) is 85.1 Å². The minimum absolute atomic E-state index is 0.530. The molecule has 2 aromatic heterocycles. The van der Waals surface area contributed by atoms with Crippen molar-refractivity contribution in [2.75, 3.05) is 33.9 Å². The molecule has 0 aliphatic rings. The van der Waals surface area contributed by atoms with E-state index in [1.807, 2.05) is 53.1 Å². The third kappa shape index (κ3) is 5.10. The molecule has 3 aromatic rings. The Labute approximate surface area is 158 Å².